The summed E-state index contributed by atoms with van der Waals surface area (Å²) >= 11 is 0. The molecule has 0 aliphatic rings. The van der Waals surface area contributed by atoms with Crippen molar-refractivity contribution in [3.8, 4) is 0 Å². The SMILES string of the molecule is CCC(=O)Cn1c(=O)oc2cccnc21. The first kappa shape index (κ1) is 9.64. The number of hydrogen-bond acceptors (Lipinski definition) is 4. The highest BCUT2D eigenvalue weighted by Crippen LogP contribution is 2.08. The summed E-state index contributed by atoms with van der Waals surface area (Å²) in [5.41, 5.74) is 0.829. The predicted molar refractivity (Wildman–Crippen MR) is 53.6 cm³/mol. The maximum atomic E-state index is 11.4. The summed E-state index contributed by atoms with van der Waals surface area (Å²) in [4.78, 5) is 26.6. The van der Waals surface area contributed by atoms with Gasteiger partial charge in [0.25, 0.3) is 0 Å². The van der Waals surface area contributed by atoms with E-state index in [2.05, 4.69) is 4.98 Å². The lowest BCUT2D eigenvalue weighted by Crippen LogP contribution is -2.19. The van der Waals surface area contributed by atoms with Gasteiger partial charge in [0.05, 0.1) is 6.54 Å². The molecule has 2 heterocycles. The molecule has 0 atom stereocenters. The second-order valence-electron chi connectivity index (χ2n) is 3.17. The molecular weight excluding hydrogens is 196 g/mol. The van der Waals surface area contributed by atoms with Crippen LogP contribution in [0.1, 0.15) is 13.3 Å². The zero-order valence-corrected chi connectivity index (χ0v) is 8.27. The van der Waals surface area contributed by atoms with Gasteiger partial charge in [0, 0.05) is 12.6 Å². The Hall–Kier alpha value is -1.91. The molecule has 0 saturated carbocycles. The Labute approximate surface area is 85.3 Å². The van der Waals surface area contributed by atoms with Crippen LogP contribution in [-0.2, 0) is 11.3 Å². The number of oxazole rings is 1. The second-order valence-corrected chi connectivity index (χ2v) is 3.17. The van der Waals surface area contributed by atoms with Crippen molar-refractivity contribution >= 4 is 17.0 Å². The fraction of sp³-hybridized carbons (Fsp3) is 0.300. The Morgan fingerprint density at radius 1 is 1.60 bits per heavy atom. The summed E-state index contributed by atoms with van der Waals surface area (Å²) in [6, 6.07) is 3.33. The number of Topliss-reactive ketones (excluding diaryl/α,β-unsaturated/α-hetero) is 1. The highest BCUT2D eigenvalue weighted by atomic mass is 16.4. The van der Waals surface area contributed by atoms with Crippen LogP contribution in [0.4, 0.5) is 0 Å². The summed E-state index contributed by atoms with van der Waals surface area (Å²) in [7, 11) is 0. The number of ketones is 1. The third kappa shape index (κ3) is 1.68. The molecule has 0 radical (unpaired) electrons. The molecule has 0 aromatic carbocycles. The molecule has 0 fully saturated rings. The van der Waals surface area contributed by atoms with Crippen LogP contribution in [0.2, 0.25) is 0 Å². The molecule has 5 nitrogen and oxygen atoms in total. The molecule has 0 unspecified atom stereocenters. The highest BCUT2D eigenvalue weighted by Gasteiger charge is 2.11. The third-order valence-corrected chi connectivity index (χ3v) is 2.15. The van der Waals surface area contributed by atoms with Crippen molar-refractivity contribution in [1.82, 2.24) is 9.55 Å². The molecule has 0 N–H and O–H groups in total. The number of aromatic nitrogens is 2. The average Bonchev–Trinajstić information content (AvgIpc) is 2.55. The van der Waals surface area contributed by atoms with Crippen LogP contribution in [0.5, 0.6) is 0 Å². The molecule has 0 spiro atoms. The van der Waals surface area contributed by atoms with Crippen molar-refractivity contribution in [3.05, 3.63) is 28.9 Å². The number of carbonyl (C=O) groups excluding carboxylic acids is 1. The van der Waals surface area contributed by atoms with Gasteiger partial charge in [0.1, 0.15) is 0 Å². The van der Waals surface area contributed by atoms with Crippen molar-refractivity contribution in [2.75, 3.05) is 0 Å². The Kier molecular flexibility index (Phi) is 2.37. The Bertz CT molecular complexity index is 553. The van der Waals surface area contributed by atoms with Crippen LogP contribution in [0.3, 0.4) is 0 Å². The van der Waals surface area contributed by atoms with E-state index in [1.165, 1.54) is 4.57 Å². The normalized spacial score (nSPS) is 10.7. The van der Waals surface area contributed by atoms with Crippen molar-refractivity contribution in [2.24, 2.45) is 0 Å². The molecule has 5 heteroatoms. The van der Waals surface area contributed by atoms with Crippen LogP contribution >= 0.6 is 0 Å². The minimum Gasteiger partial charge on any atom is -0.406 e. The average molecular weight is 206 g/mol. The standard InChI is InChI=1S/C10H10N2O3/c1-2-7(13)6-12-9-8(15-10(12)14)4-3-5-11-9/h3-5H,2,6H2,1H3. The number of hydrogen-bond donors (Lipinski definition) is 0. The fourth-order valence-corrected chi connectivity index (χ4v) is 1.33. The zero-order valence-electron chi connectivity index (χ0n) is 8.27. The van der Waals surface area contributed by atoms with Gasteiger partial charge < -0.3 is 4.42 Å². The first-order chi connectivity index (χ1) is 7.22. The van der Waals surface area contributed by atoms with E-state index in [4.69, 9.17) is 4.42 Å². The lowest BCUT2D eigenvalue weighted by molar-refractivity contribution is -0.119. The largest absolute Gasteiger partial charge is 0.421 e. The zero-order chi connectivity index (χ0) is 10.8. The lowest BCUT2D eigenvalue weighted by Gasteiger charge is -1.97. The number of rotatable bonds is 3. The van der Waals surface area contributed by atoms with E-state index in [0.717, 1.165) is 0 Å². The highest BCUT2D eigenvalue weighted by molar-refractivity contribution is 5.79. The first-order valence-electron chi connectivity index (χ1n) is 4.68. The van der Waals surface area contributed by atoms with E-state index in [1.54, 1.807) is 25.3 Å². The van der Waals surface area contributed by atoms with E-state index in [0.29, 0.717) is 17.7 Å². The van der Waals surface area contributed by atoms with E-state index in [1.807, 2.05) is 0 Å². The minimum absolute atomic E-state index is 0.0227. The molecule has 2 aromatic heterocycles. The van der Waals surface area contributed by atoms with Crippen molar-refractivity contribution in [1.29, 1.82) is 0 Å². The Morgan fingerprint density at radius 3 is 3.13 bits per heavy atom. The van der Waals surface area contributed by atoms with Gasteiger partial charge in [-0.15, -0.1) is 0 Å². The first-order valence-corrected chi connectivity index (χ1v) is 4.68. The van der Waals surface area contributed by atoms with Crippen molar-refractivity contribution in [2.45, 2.75) is 19.9 Å². The summed E-state index contributed by atoms with van der Waals surface area (Å²) in [6.07, 6.45) is 1.95. The summed E-state index contributed by atoms with van der Waals surface area (Å²) in [5, 5.41) is 0. The van der Waals surface area contributed by atoms with E-state index in [9.17, 15) is 9.59 Å². The number of fused-ring (bicyclic) bond motifs is 1. The molecule has 0 saturated heterocycles. The van der Waals surface area contributed by atoms with Crippen molar-refractivity contribution in [3.63, 3.8) is 0 Å². The maximum absolute atomic E-state index is 11.4. The number of carbonyl (C=O) groups is 1. The van der Waals surface area contributed by atoms with Crippen LogP contribution < -0.4 is 5.76 Å². The Morgan fingerprint density at radius 2 is 2.40 bits per heavy atom. The van der Waals surface area contributed by atoms with Gasteiger partial charge in [-0.25, -0.2) is 9.78 Å². The van der Waals surface area contributed by atoms with Gasteiger partial charge in [0.15, 0.2) is 17.0 Å². The van der Waals surface area contributed by atoms with Gasteiger partial charge >= 0.3 is 5.76 Å². The number of nitrogens with zero attached hydrogens (tertiary/aromatic N) is 2. The van der Waals surface area contributed by atoms with Crippen LogP contribution in [-0.4, -0.2) is 15.3 Å². The molecule has 2 rings (SSSR count). The molecule has 0 amide bonds. The quantitative estimate of drug-likeness (QED) is 0.750. The molecular formula is C10H10N2O3. The molecule has 0 bridgehead atoms. The fourth-order valence-electron chi connectivity index (χ4n) is 1.33. The van der Waals surface area contributed by atoms with E-state index in [-0.39, 0.29) is 12.3 Å². The second kappa shape index (κ2) is 3.68. The van der Waals surface area contributed by atoms with Gasteiger partial charge in [-0.05, 0) is 12.1 Å². The van der Waals surface area contributed by atoms with E-state index >= 15 is 0 Å². The van der Waals surface area contributed by atoms with Crippen LogP contribution in [0, 0.1) is 0 Å². The molecule has 78 valence electrons. The summed E-state index contributed by atoms with van der Waals surface area (Å²) in [6.45, 7) is 1.78. The Balaban J connectivity index is 2.54. The minimum atomic E-state index is -0.537. The van der Waals surface area contributed by atoms with Gasteiger partial charge in [-0.2, -0.15) is 0 Å². The van der Waals surface area contributed by atoms with E-state index < -0.39 is 5.76 Å². The van der Waals surface area contributed by atoms with Gasteiger partial charge in [-0.3, -0.25) is 9.36 Å². The third-order valence-electron chi connectivity index (χ3n) is 2.15. The smallest absolute Gasteiger partial charge is 0.406 e. The maximum Gasteiger partial charge on any atom is 0.421 e. The lowest BCUT2D eigenvalue weighted by atomic mass is 10.3. The molecule has 0 aliphatic heterocycles. The van der Waals surface area contributed by atoms with Crippen LogP contribution in [0.15, 0.2) is 27.5 Å². The summed E-state index contributed by atoms with van der Waals surface area (Å²) in [5.74, 6) is -0.559. The van der Waals surface area contributed by atoms with Gasteiger partial charge in [-0.1, -0.05) is 6.92 Å². The van der Waals surface area contributed by atoms with Crippen molar-refractivity contribution < 1.29 is 9.21 Å². The predicted octanol–water partition coefficient (Wildman–Crippen LogP) is 0.969. The molecule has 0 aliphatic carbocycles. The van der Waals surface area contributed by atoms with Crippen LogP contribution in [0.25, 0.3) is 11.2 Å². The monoisotopic (exact) mass is 206 g/mol. The molecule has 2 aromatic rings. The summed E-state index contributed by atoms with van der Waals surface area (Å²) < 4.78 is 6.19. The number of pyridine rings is 1. The van der Waals surface area contributed by atoms with Gasteiger partial charge in [0.2, 0.25) is 0 Å². The topological polar surface area (TPSA) is 65.1 Å². The molecule has 15 heavy (non-hydrogen) atoms.